The lowest BCUT2D eigenvalue weighted by molar-refractivity contribution is -0.384. The van der Waals surface area contributed by atoms with Gasteiger partial charge < -0.3 is 9.88 Å². The van der Waals surface area contributed by atoms with Crippen molar-refractivity contribution in [1.29, 1.82) is 0 Å². The molecule has 2 heterocycles. The van der Waals surface area contributed by atoms with Crippen LogP contribution < -0.4 is 5.32 Å². The van der Waals surface area contributed by atoms with Crippen LogP contribution >= 0.6 is 0 Å². The number of fused-ring (bicyclic) bond motifs is 1. The normalized spacial score (nSPS) is 10.9. The van der Waals surface area contributed by atoms with Crippen molar-refractivity contribution in [1.82, 2.24) is 14.5 Å². The van der Waals surface area contributed by atoms with Crippen LogP contribution in [0.25, 0.3) is 11.0 Å². The summed E-state index contributed by atoms with van der Waals surface area (Å²) in [5.41, 5.74) is 3.66. The van der Waals surface area contributed by atoms with Crippen LogP contribution in [0.1, 0.15) is 17.0 Å². The first-order valence-corrected chi connectivity index (χ1v) is 7.23. The summed E-state index contributed by atoms with van der Waals surface area (Å²) in [6.45, 7) is 4.08. The van der Waals surface area contributed by atoms with Crippen molar-refractivity contribution in [3.05, 3.63) is 57.5 Å². The van der Waals surface area contributed by atoms with Gasteiger partial charge in [0.25, 0.3) is 0 Å². The van der Waals surface area contributed by atoms with E-state index >= 15 is 0 Å². The van der Waals surface area contributed by atoms with E-state index in [4.69, 9.17) is 0 Å². The lowest BCUT2D eigenvalue weighted by Gasteiger charge is -2.07. The van der Waals surface area contributed by atoms with Crippen molar-refractivity contribution < 1.29 is 4.92 Å². The molecule has 0 unspecified atom stereocenters. The number of pyridine rings is 1. The average Bonchev–Trinajstić information content (AvgIpc) is 2.80. The van der Waals surface area contributed by atoms with Crippen LogP contribution in [0.15, 0.2) is 30.5 Å². The van der Waals surface area contributed by atoms with Gasteiger partial charge in [0.15, 0.2) is 0 Å². The zero-order valence-corrected chi connectivity index (χ0v) is 13.2. The van der Waals surface area contributed by atoms with Gasteiger partial charge in [0.1, 0.15) is 5.82 Å². The minimum Gasteiger partial charge on any atom is -0.357 e. The third-order valence-electron chi connectivity index (χ3n) is 3.85. The number of nitro groups is 1. The highest BCUT2D eigenvalue weighted by atomic mass is 16.6. The zero-order valence-electron chi connectivity index (χ0n) is 13.2. The van der Waals surface area contributed by atoms with Crippen molar-refractivity contribution >= 4 is 22.5 Å². The number of hydrogen-bond acceptors (Lipinski definition) is 5. The molecular formula is C16H17N5O2. The van der Waals surface area contributed by atoms with Gasteiger partial charge in [-0.25, -0.2) is 9.97 Å². The molecule has 1 N–H and O–H groups in total. The molecule has 0 bridgehead atoms. The Balaban J connectivity index is 1.91. The Morgan fingerprint density at radius 3 is 2.83 bits per heavy atom. The summed E-state index contributed by atoms with van der Waals surface area (Å²) < 4.78 is 1.98. The van der Waals surface area contributed by atoms with Crippen LogP contribution in [0.3, 0.4) is 0 Å². The van der Waals surface area contributed by atoms with Crippen LogP contribution in [0.4, 0.5) is 11.5 Å². The van der Waals surface area contributed by atoms with E-state index in [1.165, 1.54) is 0 Å². The van der Waals surface area contributed by atoms with Crippen LogP contribution in [0.2, 0.25) is 0 Å². The van der Waals surface area contributed by atoms with Crippen molar-refractivity contribution in [3.63, 3.8) is 0 Å². The molecule has 0 spiro atoms. The summed E-state index contributed by atoms with van der Waals surface area (Å²) in [5, 5.41) is 14.2. The lowest BCUT2D eigenvalue weighted by atomic mass is 10.2. The second kappa shape index (κ2) is 5.68. The Morgan fingerprint density at radius 2 is 2.09 bits per heavy atom. The number of hydrogen-bond donors (Lipinski definition) is 1. The molecular weight excluding hydrogens is 294 g/mol. The van der Waals surface area contributed by atoms with E-state index in [0.29, 0.717) is 12.1 Å². The number of aryl methyl sites for hydroxylation is 3. The zero-order chi connectivity index (χ0) is 16.6. The van der Waals surface area contributed by atoms with E-state index in [9.17, 15) is 10.1 Å². The van der Waals surface area contributed by atoms with Gasteiger partial charge in [-0.2, -0.15) is 0 Å². The Kier molecular flexibility index (Phi) is 3.69. The van der Waals surface area contributed by atoms with Crippen LogP contribution in [-0.4, -0.2) is 19.5 Å². The fourth-order valence-electron chi connectivity index (χ4n) is 2.59. The highest BCUT2D eigenvalue weighted by Crippen LogP contribution is 2.26. The van der Waals surface area contributed by atoms with Crippen molar-refractivity contribution in [2.75, 3.05) is 5.32 Å². The quantitative estimate of drug-likeness (QED) is 0.591. The smallest absolute Gasteiger partial charge is 0.314 e. The molecule has 118 valence electrons. The van der Waals surface area contributed by atoms with E-state index in [-0.39, 0.29) is 11.5 Å². The standard InChI is InChI=1S/C16H17N5O2/c1-10-4-5-13-12(8-10)19-14(20(13)3)9-18-16-15(21(22)23)11(2)6-7-17-16/h4-8H,9H2,1-3H3,(H,17,18). The van der Waals surface area contributed by atoms with Gasteiger partial charge in [-0.05, 0) is 37.6 Å². The van der Waals surface area contributed by atoms with Crippen molar-refractivity contribution in [2.24, 2.45) is 7.05 Å². The van der Waals surface area contributed by atoms with Gasteiger partial charge in [0.2, 0.25) is 5.82 Å². The highest BCUT2D eigenvalue weighted by Gasteiger charge is 2.18. The molecule has 0 saturated carbocycles. The first-order valence-electron chi connectivity index (χ1n) is 7.23. The molecule has 23 heavy (non-hydrogen) atoms. The first-order chi connectivity index (χ1) is 11.0. The largest absolute Gasteiger partial charge is 0.357 e. The molecule has 0 aliphatic heterocycles. The Bertz CT molecular complexity index is 901. The molecule has 2 aromatic heterocycles. The number of benzene rings is 1. The van der Waals surface area contributed by atoms with Crippen LogP contribution in [-0.2, 0) is 13.6 Å². The third-order valence-corrected chi connectivity index (χ3v) is 3.85. The fourth-order valence-corrected chi connectivity index (χ4v) is 2.59. The SMILES string of the molecule is Cc1ccc2c(c1)nc(CNc1nccc(C)c1[N+](=O)[O-])n2C. The molecule has 0 aliphatic carbocycles. The maximum absolute atomic E-state index is 11.2. The number of imidazole rings is 1. The predicted octanol–water partition coefficient (Wildman–Crippen LogP) is 3.11. The first kappa shape index (κ1) is 15.0. The summed E-state index contributed by atoms with van der Waals surface area (Å²) in [6, 6.07) is 7.70. The third kappa shape index (κ3) is 2.73. The number of nitrogens with one attached hydrogen (secondary N) is 1. The molecule has 0 aliphatic rings. The summed E-state index contributed by atoms with van der Waals surface area (Å²) in [4.78, 5) is 19.5. The van der Waals surface area contributed by atoms with Gasteiger partial charge in [0, 0.05) is 18.8 Å². The molecule has 0 saturated heterocycles. The fraction of sp³-hybridized carbons (Fsp3) is 0.250. The molecule has 7 heteroatoms. The molecule has 3 aromatic rings. The summed E-state index contributed by atoms with van der Waals surface area (Å²) in [5.74, 6) is 1.06. The summed E-state index contributed by atoms with van der Waals surface area (Å²) in [6.07, 6.45) is 1.56. The number of aromatic nitrogens is 3. The summed E-state index contributed by atoms with van der Waals surface area (Å²) >= 11 is 0. The second-order valence-corrected chi connectivity index (χ2v) is 5.51. The second-order valence-electron chi connectivity index (χ2n) is 5.51. The monoisotopic (exact) mass is 311 g/mol. The Hall–Kier alpha value is -2.96. The van der Waals surface area contributed by atoms with Crippen LogP contribution in [0.5, 0.6) is 0 Å². The van der Waals surface area contributed by atoms with Crippen LogP contribution in [0, 0.1) is 24.0 Å². The van der Waals surface area contributed by atoms with E-state index in [1.54, 1.807) is 19.2 Å². The minimum atomic E-state index is -0.414. The highest BCUT2D eigenvalue weighted by molar-refractivity contribution is 5.76. The molecule has 0 fully saturated rings. The predicted molar refractivity (Wildman–Crippen MR) is 88.4 cm³/mol. The topological polar surface area (TPSA) is 85.9 Å². The molecule has 7 nitrogen and oxygen atoms in total. The van der Waals surface area contributed by atoms with Gasteiger partial charge in [-0.3, -0.25) is 10.1 Å². The van der Waals surface area contributed by atoms with E-state index < -0.39 is 4.92 Å². The average molecular weight is 311 g/mol. The molecule has 0 radical (unpaired) electrons. The maximum atomic E-state index is 11.2. The lowest BCUT2D eigenvalue weighted by Crippen LogP contribution is -2.09. The maximum Gasteiger partial charge on any atom is 0.314 e. The molecule has 0 atom stereocenters. The molecule has 3 rings (SSSR count). The van der Waals surface area contributed by atoms with Crippen molar-refractivity contribution in [2.45, 2.75) is 20.4 Å². The Morgan fingerprint density at radius 1 is 1.30 bits per heavy atom. The molecule has 1 aromatic carbocycles. The number of nitrogens with zero attached hydrogens (tertiary/aromatic N) is 4. The Labute approximate surface area is 133 Å². The number of anilines is 1. The molecule has 0 amide bonds. The van der Waals surface area contributed by atoms with E-state index in [0.717, 1.165) is 22.4 Å². The number of rotatable bonds is 4. The van der Waals surface area contributed by atoms with Gasteiger partial charge in [-0.1, -0.05) is 6.07 Å². The van der Waals surface area contributed by atoms with Crippen molar-refractivity contribution in [3.8, 4) is 0 Å². The minimum absolute atomic E-state index is 0.00195. The van der Waals surface area contributed by atoms with E-state index in [2.05, 4.69) is 15.3 Å². The van der Waals surface area contributed by atoms with Gasteiger partial charge in [0.05, 0.1) is 22.5 Å². The van der Waals surface area contributed by atoms with Gasteiger partial charge in [-0.15, -0.1) is 0 Å². The van der Waals surface area contributed by atoms with Gasteiger partial charge >= 0.3 is 5.69 Å². The van der Waals surface area contributed by atoms with E-state index in [1.807, 2.05) is 36.7 Å². The summed E-state index contributed by atoms with van der Waals surface area (Å²) in [7, 11) is 1.93.